The zero-order valence-electron chi connectivity index (χ0n) is 12.3. The van der Waals surface area contributed by atoms with E-state index >= 15 is 0 Å². The summed E-state index contributed by atoms with van der Waals surface area (Å²) in [4.78, 5) is 0. The molecule has 0 saturated heterocycles. The minimum absolute atomic E-state index is 0.00847. The van der Waals surface area contributed by atoms with Crippen LogP contribution in [0.3, 0.4) is 0 Å². The fraction of sp³-hybridized carbons (Fsp3) is 0.600. The van der Waals surface area contributed by atoms with Gasteiger partial charge in [-0.2, -0.15) is 0 Å². The van der Waals surface area contributed by atoms with Crippen molar-refractivity contribution in [2.24, 2.45) is 0 Å². The maximum Gasteiger partial charge on any atom is 0.124 e. The molecule has 2 N–H and O–H groups in total. The van der Waals surface area contributed by atoms with Gasteiger partial charge in [-0.1, -0.05) is 18.6 Å². The molecule has 0 radical (unpaired) electrons. The van der Waals surface area contributed by atoms with Crippen LogP contribution >= 0.6 is 0 Å². The molecule has 0 spiro atoms. The summed E-state index contributed by atoms with van der Waals surface area (Å²) in [5.41, 5.74) is 1.95. The van der Waals surface area contributed by atoms with Gasteiger partial charge in [0, 0.05) is 25.3 Å². The van der Waals surface area contributed by atoms with Crippen LogP contribution in [0, 0.1) is 6.92 Å². The Morgan fingerprint density at radius 3 is 2.63 bits per heavy atom. The third-order valence-electron chi connectivity index (χ3n) is 3.24. The maximum atomic E-state index is 10.5. The van der Waals surface area contributed by atoms with E-state index in [-0.39, 0.29) is 6.04 Å². The minimum atomic E-state index is -0.586. The topological polar surface area (TPSA) is 50.7 Å². The molecule has 1 rings (SSSR count). The number of rotatable bonds is 8. The van der Waals surface area contributed by atoms with Crippen LogP contribution < -0.4 is 10.1 Å². The Balaban J connectivity index is 2.83. The molecule has 0 amide bonds. The number of hydrogen-bond donors (Lipinski definition) is 2. The summed E-state index contributed by atoms with van der Waals surface area (Å²) >= 11 is 0. The third-order valence-corrected chi connectivity index (χ3v) is 3.24. The number of aryl methyl sites for hydroxylation is 1. The quantitative estimate of drug-likeness (QED) is 0.708. The monoisotopic (exact) mass is 267 g/mol. The van der Waals surface area contributed by atoms with Crippen LogP contribution in [0.4, 0.5) is 0 Å². The van der Waals surface area contributed by atoms with Crippen LogP contribution in [-0.2, 0) is 4.74 Å². The molecule has 4 nitrogen and oxygen atoms in total. The van der Waals surface area contributed by atoms with E-state index in [1.54, 1.807) is 14.2 Å². The molecule has 4 heteroatoms. The van der Waals surface area contributed by atoms with Gasteiger partial charge in [0.05, 0.1) is 19.8 Å². The van der Waals surface area contributed by atoms with Gasteiger partial charge in [0.15, 0.2) is 0 Å². The lowest BCUT2D eigenvalue weighted by Gasteiger charge is -2.25. The molecule has 0 aliphatic rings. The lowest BCUT2D eigenvalue weighted by Crippen LogP contribution is -2.36. The highest BCUT2D eigenvalue weighted by Crippen LogP contribution is 2.29. The van der Waals surface area contributed by atoms with Gasteiger partial charge in [-0.15, -0.1) is 0 Å². The molecular formula is C15H25NO3. The molecule has 0 aliphatic heterocycles. The Labute approximate surface area is 115 Å². The number of aliphatic hydroxyl groups excluding tert-OH is 1. The molecule has 1 aromatic rings. The van der Waals surface area contributed by atoms with Crippen molar-refractivity contribution in [3.63, 3.8) is 0 Å². The first-order valence-corrected chi connectivity index (χ1v) is 6.69. The van der Waals surface area contributed by atoms with Crippen molar-refractivity contribution in [1.29, 1.82) is 0 Å². The fourth-order valence-corrected chi connectivity index (χ4v) is 2.13. The second-order valence-corrected chi connectivity index (χ2v) is 4.65. The molecule has 0 heterocycles. The first-order chi connectivity index (χ1) is 9.13. The highest BCUT2D eigenvalue weighted by Gasteiger charge is 2.22. The molecule has 2 unspecified atom stereocenters. The molecule has 1 aromatic carbocycles. The van der Waals surface area contributed by atoms with Crippen molar-refractivity contribution in [1.82, 2.24) is 5.32 Å². The highest BCUT2D eigenvalue weighted by molar-refractivity contribution is 5.39. The Kier molecular flexibility index (Phi) is 6.84. The predicted octanol–water partition coefficient (Wildman–Crippen LogP) is 2.05. The number of aliphatic hydroxyl groups is 1. The highest BCUT2D eigenvalue weighted by atomic mass is 16.5. The molecule has 19 heavy (non-hydrogen) atoms. The van der Waals surface area contributed by atoms with Crippen molar-refractivity contribution in [3.8, 4) is 5.75 Å². The van der Waals surface area contributed by atoms with Gasteiger partial charge in [0.1, 0.15) is 5.75 Å². The van der Waals surface area contributed by atoms with Crippen LogP contribution in [0.5, 0.6) is 5.75 Å². The Hall–Kier alpha value is -1.10. The number of nitrogens with one attached hydrogen (secondary N) is 1. The molecule has 0 aliphatic carbocycles. The van der Waals surface area contributed by atoms with Crippen LogP contribution in [0.1, 0.15) is 30.6 Å². The Bertz CT molecular complexity index is 382. The average molecular weight is 267 g/mol. The molecule has 0 aromatic heterocycles. The van der Waals surface area contributed by atoms with E-state index in [0.29, 0.717) is 6.61 Å². The third kappa shape index (κ3) is 4.49. The molecular weight excluding hydrogens is 242 g/mol. The van der Waals surface area contributed by atoms with Crippen molar-refractivity contribution in [2.45, 2.75) is 32.4 Å². The Morgan fingerprint density at radius 2 is 2.05 bits per heavy atom. The van der Waals surface area contributed by atoms with Gasteiger partial charge in [0.2, 0.25) is 0 Å². The van der Waals surface area contributed by atoms with Crippen molar-refractivity contribution in [3.05, 3.63) is 29.3 Å². The standard InChI is InChI=1S/C15H25NO3/c1-5-13(16-8-9-18-3)15(17)12-10-11(2)6-7-14(12)19-4/h6-7,10,13,15-17H,5,8-9H2,1-4H3. The average Bonchev–Trinajstić information content (AvgIpc) is 2.43. The summed E-state index contributed by atoms with van der Waals surface area (Å²) in [6, 6.07) is 5.85. The Morgan fingerprint density at radius 1 is 1.32 bits per heavy atom. The summed E-state index contributed by atoms with van der Waals surface area (Å²) in [7, 11) is 3.29. The number of benzene rings is 1. The normalized spacial score (nSPS) is 14.2. The molecule has 0 bridgehead atoms. The summed E-state index contributed by atoms with van der Waals surface area (Å²) in [5, 5.41) is 13.8. The fourth-order valence-electron chi connectivity index (χ4n) is 2.13. The van der Waals surface area contributed by atoms with E-state index in [0.717, 1.165) is 29.8 Å². The van der Waals surface area contributed by atoms with E-state index in [2.05, 4.69) is 12.2 Å². The van der Waals surface area contributed by atoms with Gasteiger partial charge in [-0.25, -0.2) is 0 Å². The molecule has 0 fully saturated rings. The van der Waals surface area contributed by atoms with E-state index in [4.69, 9.17) is 9.47 Å². The zero-order valence-corrected chi connectivity index (χ0v) is 12.3. The number of ether oxygens (including phenoxy) is 2. The van der Waals surface area contributed by atoms with E-state index in [1.807, 2.05) is 25.1 Å². The maximum absolute atomic E-state index is 10.5. The minimum Gasteiger partial charge on any atom is -0.496 e. The van der Waals surface area contributed by atoms with Crippen LogP contribution in [0.2, 0.25) is 0 Å². The number of hydrogen-bond acceptors (Lipinski definition) is 4. The van der Waals surface area contributed by atoms with Crippen LogP contribution in [-0.4, -0.2) is 38.5 Å². The molecule has 108 valence electrons. The molecule has 2 atom stereocenters. The first kappa shape index (κ1) is 16.0. The summed E-state index contributed by atoms with van der Waals surface area (Å²) in [5.74, 6) is 0.727. The molecule has 0 saturated carbocycles. The van der Waals surface area contributed by atoms with Crippen LogP contribution in [0.15, 0.2) is 18.2 Å². The van der Waals surface area contributed by atoms with E-state index in [9.17, 15) is 5.11 Å². The van der Waals surface area contributed by atoms with Crippen molar-refractivity contribution >= 4 is 0 Å². The predicted molar refractivity (Wildman–Crippen MR) is 76.6 cm³/mol. The van der Waals surface area contributed by atoms with Gasteiger partial charge in [0.25, 0.3) is 0 Å². The second kappa shape index (κ2) is 8.15. The second-order valence-electron chi connectivity index (χ2n) is 4.65. The van der Waals surface area contributed by atoms with E-state index < -0.39 is 6.10 Å². The van der Waals surface area contributed by atoms with Gasteiger partial charge in [-0.3, -0.25) is 0 Å². The smallest absolute Gasteiger partial charge is 0.124 e. The van der Waals surface area contributed by atoms with E-state index in [1.165, 1.54) is 0 Å². The lowest BCUT2D eigenvalue weighted by atomic mass is 9.97. The SMILES string of the molecule is CCC(NCCOC)C(O)c1cc(C)ccc1OC. The lowest BCUT2D eigenvalue weighted by molar-refractivity contribution is 0.115. The summed E-state index contributed by atoms with van der Waals surface area (Å²) in [6.07, 6.45) is 0.249. The first-order valence-electron chi connectivity index (χ1n) is 6.69. The van der Waals surface area contributed by atoms with Gasteiger partial charge < -0.3 is 19.9 Å². The summed E-state index contributed by atoms with van der Waals surface area (Å²) < 4.78 is 10.3. The van der Waals surface area contributed by atoms with Gasteiger partial charge >= 0.3 is 0 Å². The largest absolute Gasteiger partial charge is 0.496 e. The van der Waals surface area contributed by atoms with Crippen molar-refractivity contribution in [2.75, 3.05) is 27.4 Å². The van der Waals surface area contributed by atoms with Crippen molar-refractivity contribution < 1.29 is 14.6 Å². The van der Waals surface area contributed by atoms with Crippen LogP contribution in [0.25, 0.3) is 0 Å². The summed E-state index contributed by atoms with van der Waals surface area (Å²) in [6.45, 7) is 5.42. The van der Waals surface area contributed by atoms with Gasteiger partial charge in [-0.05, 0) is 25.5 Å². The number of methoxy groups -OCH3 is 2. The zero-order chi connectivity index (χ0) is 14.3.